The van der Waals surface area contributed by atoms with Gasteiger partial charge in [0, 0.05) is 24.4 Å². The zero-order chi connectivity index (χ0) is 16.9. The maximum Gasteiger partial charge on any atom is 0.226 e. The van der Waals surface area contributed by atoms with Crippen LogP contribution in [0.5, 0.6) is 0 Å². The van der Waals surface area contributed by atoms with Gasteiger partial charge in [-0.1, -0.05) is 28.9 Å². The van der Waals surface area contributed by atoms with Gasteiger partial charge in [-0.25, -0.2) is 0 Å². The summed E-state index contributed by atoms with van der Waals surface area (Å²) in [6.45, 7) is 3.52. The van der Waals surface area contributed by atoms with Crippen LogP contribution in [0.25, 0.3) is 0 Å². The monoisotopic (exact) mass is 349 g/mol. The van der Waals surface area contributed by atoms with Gasteiger partial charge in [0.05, 0.1) is 13.2 Å². The number of rotatable bonds is 5. The lowest BCUT2D eigenvalue weighted by Crippen LogP contribution is -2.42. The Morgan fingerprint density at radius 3 is 2.88 bits per heavy atom. The van der Waals surface area contributed by atoms with E-state index in [2.05, 4.69) is 10.1 Å². The third kappa shape index (κ3) is 4.33. The standard InChI is InChI=1S/C17H20ClN3O3/c1-12-19-16(24-20-12)3-2-4-17(22)21-9-10-23-15(11-21)13-5-7-14(18)8-6-13/h5-8,15H,2-4,9-11H2,1H3. The lowest BCUT2D eigenvalue weighted by atomic mass is 10.1. The van der Waals surface area contributed by atoms with Crippen LogP contribution in [-0.4, -0.2) is 40.6 Å². The Kier molecular flexibility index (Phi) is 5.48. The molecule has 1 fully saturated rings. The molecule has 7 heteroatoms. The van der Waals surface area contributed by atoms with E-state index >= 15 is 0 Å². The first-order valence-electron chi connectivity index (χ1n) is 8.06. The van der Waals surface area contributed by atoms with Crippen molar-refractivity contribution in [2.45, 2.75) is 32.3 Å². The van der Waals surface area contributed by atoms with Gasteiger partial charge < -0.3 is 14.2 Å². The van der Waals surface area contributed by atoms with Gasteiger partial charge in [-0.05, 0) is 31.0 Å². The highest BCUT2D eigenvalue weighted by Gasteiger charge is 2.25. The molecule has 1 amide bonds. The lowest BCUT2D eigenvalue weighted by molar-refractivity contribution is -0.139. The van der Waals surface area contributed by atoms with Crippen molar-refractivity contribution in [3.8, 4) is 0 Å². The number of hydrogen-bond donors (Lipinski definition) is 0. The second-order valence-electron chi connectivity index (χ2n) is 5.84. The van der Waals surface area contributed by atoms with Gasteiger partial charge >= 0.3 is 0 Å². The summed E-state index contributed by atoms with van der Waals surface area (Å²) in [4.78, 5) is 18.4. The molecule has 0 spiro atoms. The summed E-state index contributed by atoms with van der Waals surface area (Å²) in [5.74, 6) is 1.34. The minimum atomic E-state index is -0.0986. The van der Waals surface area contributed by atoms with Gasteiger partial charge in [-0.15, -0.1) is 0 Å². The van der Waals surface area contributed by atoms with E-state index in [1.54, 1.807) is 6.92 Å². The lowest BCUT2D eigenvalue weighted by Gasteiger charge is -2.33. The van der Waals surface area contributed by atoms with E-state index in [9.17, 15) is 4.79 Å². The molecule has 1 saturated heterocycles. The molecule has 0 N–H and O–H groups in total. The number of amides is 1. The van der Waals surface area contributed by atoms with E-state index in [1.807, 2.05) is 29.2 Å². The van der Waals surface area contributed by atoms with E-state index in [-0.39, 0.29) is 12.0 Å². The summed E-state index contributed by atoms with van der Waals surface area (Å²) in [5.41, 5.74) is 1.04. The fraction of sp³-hybridized carbons (Fsp3) is 0.471. The number of benzene rings is 1. The Morgan fingerprint density at radius 2 is 2.17 bits per heavy atom. The molecule has 1 aromatic heterocycles. The van der Waals surface area contributed by atoms with Crippen molar-refractivity contribution in [2.75, 3.05) is 19.7 Å². The minimum absolute atomic E-state index is 0.0986. The topological polar surface area (TPSA) is 68.5 Å². The summed E-state index contributed by atoms with van der Waals surface area (Å²) in [6, 6.07) is 7.57. The van der Waals surface area contributed by atoms with Crippen LogP contribution in [0, 0.1) is 6.92 Å². The van der Waals surface area contributed by atoms with Crippen LogP contribution in [0.4, 0.5) is 0 Å². The Labute approximate surface area is 145 Å². The Hall–Kier alpha value is -1.92. The largest absolute Gasteiger partial charge is 0.370 e. The molecule has 2 aromatic rings. The van der Waals surface area contributed by atoms with Gasteiger partial charge in [0.15, 0.2) is 5.82 Å². The third-order valence-corrected chi connectivity index (χ3v) is 4.26. The Bertz CT molecular complexity index is 687. The normalized spacial score (nSPS) is 17.9. The van der Waals surface area contributed by atoms with E-state index in [0.29, 0.717) is 55.7 Å². The molecule has 2 heterocycles. The average Bonchev–Trinajstić information content (AvgIpc) is 3.01. The molecule has 1 aliphatic rings. The van der Waals surface area contributed by atoms with Crippen LogP contribution in [0.1, 0.15) is 36.2 Å². The molecule has 1 unspecified atom stereocenters. The molecule has 6 nitrogen and oxygen atoms in total. The summed E-state index contributed by atoms with van der Waals surface area (Å²) < 4.78 is 10.8. The SMILES string of the molecule is Cc1noc(CCCC(=O)N2CCOC(c3ccc(Cl)cc3)C2)n1. The quantitative estimate of drug-likeness (QED) is 0.830. The van der Waals surface area contributed by atoms with Gasteiger partial charge in [0.25, 0.3) is 0 Å². The number of aryl methyl sites for hydroxylation is 2. The second-order valence-corrected chi connectivity index (χ2v) is 6.28. The summed E-state index contributed by atoms with van der Waals surface area (Å²) in [7, 11) is 0. The van der Waals surface area contributed by atoms with Crippen LogP contribution in [-0.2, 0) is 16.0 Å². The molecule has 0 saturated carbocycles. The molecule has 0 aliphatic carbocycles. The van der Waals surface area contributed by atoms with Crippen molar-refractivity contribution in [1.29, 1.82) is 0 Å². The minimum Gasteiger partial charge on any atom is -0.370 e. The number of hydrogen-bond acceptors (Lipinski definition) is 5. The summed E-state index contributed by atoms with van der Waals surface area (Å²) >= 11 is 5.92. The molecule has 1 atom stereocenters. The van der Waals surface area contributed by atoms with E-state index in [0.717, 1.165) is 5.56 Å². The van der Waals surface area contributed by atoms with Crippen LogP contribution < -0.4 is 0 Å². The number of carbonyl (C=O) groups excluding carboxylic acids is 1. The fourth-order valence-corrected chi connectivity index (χ4v) is 2.87. The molecular formula is C17H20ClN3O3. The summed E-state index contributed by atoms with van der Waals surface area (Å²) in [6.07, 6.45) is 1.69. The molecule has 1 aromatic carbocycles. The van der Waals surface area contributed by atoms with Crippen LogP contribution >= 0.6 is 11.6 Å². The van der Waals surface area contributed by atoms with Crippen molar-refractivity contribution < 1.29 is 14.1 Å². The first-order valence-corrected chi connectivity index (χ1v) is 8.43. The van der Waals surface area contributed by atoms with Gasteiger partial charge in [-0.2, -0.15) is 4.98 Å². The number of aromatic nitrogens is 2. The predicted molar refractivity (Wildman–Crippen MR) is 88.7 cm³/mol. The number of nitrogens with zero attached hydrogens (tertiary/aromatic N) is 3. The Balaban J connectivity index is 1.50. The zero-order valence-corrected chi connectivity index (χ0v) is 14.3. The van der Waals surface area contributed by atoms with E-state index in [4.69, 9.17) is 20.9 Å². The maximum absolute atomic E-state index is 12.4. The van der Waals surface area contributed by atoms with Crippen LogP contribution in [0.2, 0.25) is 5.02 Å². The Morgan fingerprint density at radius 1 is 1.38 bits per heavy atom. The van der Waals surface area contributed by atoms with Gasteiger partial charge in [0.1, 0.15) is 6.10 Å². The van der Waals surface area contributed by atoms with Crippen LogP contribution in [0.3, 0.4) is 0 Å². The highest BCUT2D eigenvalue weighted by atomic mass is 35.5. The van der Waals surface area contributed by atoms with Crippen molar-refractivity contribution in [3.05, 3.63) is 46.6 Å². The fourth-order valence-electron chi connectivity index (χ4n) is 2.75. The summed E-state index contributed by atoms with van der Waals surface area (Å²) in [5, 5.41) is 4.44. The molecular weight excluding hydrogens is 330 g/mol. The van der Waals surface area contributed by atoms with E-state index in [1.165, 1.54) is 0 Å². The van der Waals surface area contributed by atoms with Gasteiger partial charge in [-0.3, -0.25) is 4.79 Å². The second kappa shape index (κ2) is 7.77. The average molecular weight is 350 g/mol. The van der Waals surface area contributed by atoms with Crippen molar-refractivity contribution in [3.63, 3.8) is 0 Å². The van der Waals surface area contributed by atoms with E-state index < -0.39 is 0 Å². The molecule has 1 aliphatic heterocycles. The van der Waals surface area contributed by atoms with Crippen molar-refractivity contribution in [2.24, 2.45) is 0 Å². The molecule has 0 radical (unpaired) electrons. The number of ether oxygens (including phenoxy) is 1. The number of carbonyl (C=O) groups is 1. The van der Waals surface area contributed by atoms with Crippen LogP contribution in [0.15, 0.2) is 28.8 Å². The maximum atomic E-state index is 12.4. The molecule has 3 rings (SSSR count). The predicted octanol–water partition coefficient (Wildman–Crippen LogP) is 2.95. The smallest absolute Gasteiger partial charge is 0.226 e. The highest BCUT2D eigenvalue weighted by molar-refractivity contribution is 6.30. The number of halogens is 1. The zero-order valence-electron chi connectivity index (χ0n) is 13.6. The molecule has 128 valence electrons. The molecule has 0 bridgehead atoms. The highest BCUT2D eigenvalue weighted by Crippen LogP contribution is 2.24. The molecule has 24 heavy (non-hydrogen) atoms. The van der Waals surface area contributed by atoms with Crippen molar-refractivity contribution in [1.82, 2.24) is 15.0 Å². The first-order chi connectivity index (χ1) is 11.6. The van der Waals surface area contributed by atoms with Gasteiger partial charge in [0.2, 0.25) is 11.8 Å². The van der Waals surface area contributed by atoms with Crippen molar-refractivity contribution >= 4 is 17.5 Å². The third-order valence-electron chi connectivity index (χ3n) is 4.01. The number of morpholine rings is 1. The first kappa shape index (κ1) is 16.9.